The monoisotopic (exact) mass is 258 g/mol. The fourth-order valence-corrected chi connectivity index (χ4v) is 2.33. The Bertz CT molecular complexity index is 148. The second-order valence-electron chi connectivity index (χ2n) is 5.49. The van der Waals surface area contributed by atoms with E-state index < -0.39 is 0 Å². The smallest absolute Gasteiger partial charge is 0.0540 e. The highest BCUT2D eigenvalue weighted by molar-refractivity contribution is 4.57. The van der Waals surface area contributed by atoms with Gasteiger partial charge in [0.2, 0.25) is 0 Å². The average Bonchev–Trinajstić information content (AvgIpc) is 2.37. The van der Waals surface area contributed by atoms with Crippen LogP contribution in [0.4, 0.5) is 0 Å². The quantitative estimate of drug-likeness (QED) is 0.452. The molecule has 1 unspecified atom stereocenters. The highest BCUT2D eigenvalue weighted by atomic mass is 16.3. The third-order valence-corrected chi connectivity index (χ3v) is 3.59. The molecule has 0 rings (SSSR count). The Morgan fingerprint density at radius 3 is 1.61 bits per heavy atom. The van der Waals surface area contributed by atoms with Crippen molar-refractivity contribution in [1.29, 1.82) is 0 Å². The lowest BCUT2D eigenvalue weighted by atomic mass is 10.0. The van der Waals surface area contributed by atoms with Gasteiger partial charge in [0.1, 0.15) is 0 Å². The lowest BCUT2D eigenvalue weighted by molar-refractivity contribution is 0.144. The Morgan fingerprint density at radius 2 is 1.11 bits per heavy atom. The molecule has 0 aromatic heterocycles. The van der Waals surface area contributed by atoms with Gasteiger partial charge < -0.3 is 10.2 Å². The van der Waals surface area contributed by atoms with Crippen LogP contribution in [0.5, 0.6) is 0 Å². The summed E-state index contributed by atoms with van der Waals surface area (Å²) in [6, 6.07) is 0. The molecule has 0 saturated heterocycles. The Labute approximate surface area is 114 Å². The van der Waals surface area contributed by atoms with Crippen molar-refractivity contribution in [1.82, 2.24) is 0 Å². The summed E-state index contributed by atoms with van der Waals surface area (Å²) in [4.78, 5) is 0. The van der Waals surface area contributed by atoms with Gasteiger partial charge in [0.05, 0.1) is 6.10 Å². The molecule has 0 amide bonds. The molecule has 0 aliphatic carbocycles. The lowest BCUT2D eigenvalue weighted by Gasteiger charge is -2.09. The molecule has 0 aliphatic rings. The lowest BCUT2D eigenvalue weighted by Crippen LogP contribution is -2.06. The van der Waals surface area contributed by atoms with Gasteiger partial charge in [0.25, 0.3) is 0 Å². The summed E-state index contributed by atoms with van der Waals surface area (Å²) in [5.74, 6) is 0. The van der Waals surface area contributed by atoms with Gasteiger partial charge in [-0.2, -0.15) is 0 Å². The summed E-state index contributed by atoms with van der Waals surface area (Å²) in [5, 5.41) is 18.3. The Morgan fingerprint density at radius 1 is 0.667 bits per heavy atom. The van der Waals surface area contributed by atoms with Gasteiger partial charge in [-0.05, 0) is 25.7 Å². The molecule has 0 aromatic rings. The molecule has 0 aliphatic heterocycles. The van der Waals surface area contributed by atoms with Crippen molar-refractivity contribution in [2.24, 2.45) is 0 Å². The van der Waals surface area contributed by atoms with Crippen LogP contribution in [0.25, 0.3) is 0 Å². The predicted molar refractivity (Wildman–Crippen MR) is 78.8 cm³/mol. The van der Waals surface area contributed by atoms with Crippen LogP contribution in [-0.2, 0) is 0 Å². The van der Waals surface area contributed by atoms with E-state index in [4.69, 9.17) is 5.11 Å². The molecule has 0 fully saturated rings. The van der Waals surface area contributed by atoms with Crippen LogP contribution in [0, 0.1) is 0 Å². The van der Waals surface area contributed by atoms with Crippen LogP contribution in [0.2, 0.25) is 0 Å². The van der Waals surface area contributed by atoms with Crippen molar-refractivity contribution in [3.05, 3.63) is 0 Å². The summed E-state index contributed by atoms with van der Waals surface area (Å²) >= 11 is 0. The topological polar surface area (TPSA) is 40.5 Å². The van der Waals surface area contributed by atoms with Crippen LogP contribution in [-0.4, -0.2) is 22.9 Å². The average molecular weight is 258 g/mol. The van der Waals surface area contributed by atoms with Crippen molar-refractivity contribution in [3.8, 4) is 0 Å². The fraction of sp³-hybridized carbons (Fsp3) is 1.00. The van der Waals surface area contributed by atoms with E-state index in [0.717, 1.165) is 32.1 Å². The molecular formula is C16H34O2. The molecule has 18 heavy (non-hydrogen) atoms. The minimum absolute atomic E-state index is 0.138. The van der Waals surface area contributed by atoms with E-state index in [0.29, 0.717) is 0 Å². The van der Waals surface area contributed by atoms with Gasteiger partial charge >= 0.3 is 0 Å². The molecule has 0 saturated carbocycles. The zero-order valence-electron chi connectivity index (χ0n) is 12.4. The number of unbranched alkanes of at least 4 members (excludes halogenated alkanes) is 9. The molecular weight excluding hydrogens is 224 g/mol. The molecule has 0 radical (unpaired) electrons. The van der Waals surface area contributed by atoms with E-state index in [1.54, 1.807) is 0 Å². The molecule has 0 bridgehead atoms. The van der Waals surface area contributed by atoms with E-state index in [1.807, 2.05) is 0 Å². The molecule has 0 spiro atoms. The first-order valence-corrected chi connectivity index (χ1v) is 8.10. The number of aliphatic hydroxyl groups is 2. The third kappa shape index (κ3) is 14.0. The summed E-state index contributed by atoms with van der Waals surface area (Å²) in [5.41, 5.74) is 0. The van der Waals surface area contributed by atoms with E-state index in [9.17, 15) is 5.11 Å². The maximum Gasteiger partial charge on any atom is 0.0540 e. The zero-order valence-corrected chi connectivity index (χ0v) is 12.4. The highest BCUT2D eigenvalue weighted by Gasteiger charge is 2.03. The number of aliphatic hydroxyl groups excluding tert-OH is 2. The summed E-state index contributed by atoms with van der Waals surface area (Å²) in [7, 11) is 0. The van der Waals surface area contributed by atoms with Crippen LogP contribution in [0.15, 0.2) is 0 Å². The molecule has 1 atom stereocenters. The van der Waals surface area contributed by atoms with E-state index in [2.05, 4.69) is 6.92 Å². The Hall–Kier alpha value is -0.0800. The van der Waals surface area contributed by atoms with Crippen LogP contribution < -0.4 is 0 Å². The van der Waals surface area contributed by atoms with Crippen molar-refractivity contribution >= 4 is 0 Å². The van der Waals surface area contributed by atoms with Gasteiger partial charge in [-0.15, -0.1) is 0 Å². The molecule has 110 valence electrons. The van der Waals surface area contributed by atoms with Gasteiger partial charge in [0, 0.05) is 6.61 Å². The number of hydrogen-bond donors (Lipinski definition) is 2. The fourth-order valence-electron chi connectivity index (χ4n) is 2.33. The first-order chi connectivity index (χ1) is 8.81. The molecule has 0 aromatic carbocycles. The van der Waals surface area contributed by atoms with Crippen LogP contribution in [0.3, 0.4) is 0 Å². The summed E-state index contributed by atoms with van der Waals surface area (Å²) in [6.45, 7) is 2.51. The molecule has 2 heteroatoms. The zero-order chi connectivity index (χ0) is 13.5. The first kappa shape index (κ1) is 17.9. The molecule has 0 heterocycles. The van der Waals surface area contributed by atoms with Crippen molar-refractivity contribution < 1.29 is 10.2 Å². The van der Waals surface area contributed by atoms with Gasteiger partial charge in [0.15, 0.2) is 0 Å². The third-order valence-electron chi connectivity index (χ3n) is 3.59. The van der Waals surface area contributed by atoms with E-state index >= 15 is 0 Å². The second-order valence-corrected chi connectivity index (χ2v) is 5.49. The van der Waals surface area contributed by atoms with Gasteiger partial charge in [-0.3, -0.25) is 0 Å². The summed E-state index contributed by atoms with van der Waals surface area (Å²) in [6.07, 6.45) is 15.5. The first-order valence-electron chi connectivity index (χ1n) is 8.10. The standard InChI is InChI=1S/C16H34O2/c1-2-3-4-5-6-7-8-9-10-13-16(18)14-11-12-15-17/h16-18H,2-15H2,1H3. The van der Waals surface area contributed by atoms with Gasteiger partial charge in [-0.25, -0.2) is 0 Å². The van der Waals surface area contributed by atoms with Gasteiger partial charge in [-0.1, -0.05) is 64.7 Å². The Kier molecular flexibility index (Phi) is 14.9. The van der Waals surface area contributed by atoms with Crippen molar-refractivity contribution in [2.45, 2.75) is 96.5 Å². The van der Waals surface area contributed by atoms with E-state index in [1.165, 1.54) is 51.4 Å². The number of hydrogen-bond acceptors (Lipinski definition) is 2. The van der Waals surface area contributed by atoms with Crippen molar-refractivity contribution in [2.75, 3.05) is 6.61 Å². The molecule has 2 nitrogen and oxygen atoms in total. The van der Waals surface area contributed by atoms with Crippen LogP contribution >= 0.6 is 0 Å². The van der Waals surface area contributed by atoms with Crippen molar-refractivity contribution in [3.63, 3.8) is 0 Å². The van der Waals surface area contributed by atoms with Crippen LogP contribution in [0.1, 0.15) is 90.4 Å². The molecule has 2 N–H and O–H groups in total. The minimum atomic E-state index is -0.138. The maximum atomic E-state index is 9.69. The maximum absolute atomic E-state index is 9.69. The number of rotatable bonds is 14. The Balaban J connectivity index is 3.05. The normalized spacial score (nSPS) is 12.8. The minimum Gasteiger partial charge on any atom is -0.396 e. The summed E-state index contributed by atoms with van der Waals surface area (Å²) < 4.78 is 0. The van der Waals surface area contributed by atoms with E-state index in [-0.39, 0.29) is 12.7 Å². The SMILES string of the molecule is CCCCCCCCCCCC(O)CCCCO. The predicted octanol–water partition coefficient (Wildman–Crippen LogP) is 4.43. The highest BCUT2D eigenvalue weighted by Crippen LogP contribution is 2.13. The second kappa shape index (κ2) is 15.0. The largest absolute Gasteiger partial charge is 0.396 e.